The number of amides is 4. The number of fused-ring (bicyclic) bond motifs is 1. The highest BCUT2D eigenvalue weighted by Gasteiger charge is 2.36. The quantitative estimate of drug-likeness (QED) is 0.110. The fraction of sp³-hybridized carbons (Fsp3) is 0.0526. The molecule has 0 aliphatic carbocycles. The van der Waals surface area contributed by atoms with Crippen LogP contribution in [0.4, 0.5) is 17.1 Å². The van der Waals surface area contributed by atoms with Crippen LogP contribution in [0.2, 0.25) is 15.1 Å². The van der Waals surface area contributed by atoms with Gasteiger partial charge < -0.3 is 14.5 Å². The van der Waals surface area contributed by atoms with Crippen LogP contribution in [-0.4, -0.2) is 50.3 Å². The monoisotopic (exact) mass is 739 g/mol. The number of ether oxygens (including phenoxy) is 1. The largest absolute Gasteiger partial charge is 0.455 e. The van der Waals surface area contributed by atoms with Crippen molar-refractivity contribution in [3.05, 3.63) is 146 Å². The maximum Gasteiger partial charge on any atom is 0.266 e. The highest BCUT2D eigenvalue weighted by molar-refractivity contribution is 6.37. The summed E-state index contributed by atoms with van der Waals surface area (Å²) in [4.78, 5) is 80.6. The van der Waals surface area contributed by atoms with Crippen molar-refractivity contribution in [3.8, 4) is 11.5 Å². The topological polar surface area (TPSA) is 121 Å². The summed E-state index contributed by atoms with van der Waals surface area (Å²) in [6, 6.07) is 23.9. The Morgan fingerprint density at radius 2 is 1.24 bits per heavy atom. The van der Waals surface area contributed by atoms with Crippen molar-refractivity contribution < 1.29 is 33.5 Å². The molecule has 0 N–H and O–H groups in total. The number of hydrogen-bond donors (Lipinski definition) is 0. The molecule has 0 radical (unpaired) electrons. The Morgan fingerprint density at radius 3 is 1.94 bits per heavy atom. The standard InChI is InChI=1S/C38H24Cl3N3O7/c1-42(36(48)31-16-24(40)4-3-21(31)19-45)27-9-14-34(33(18-27)43(2)35(47)29-12-5-23(39)15-22(29)20-46)51-28-10-7-26(8-11-28)44-37(49)30-13-6-25(41)17-32(30)38(44)50/h3-20H,1-2H3. The van der Waals surface area contributed by atoms with E-state index in [2.05, 4.69) is 0 Å². The highest BCUT2D eigenvalue weighted by Crippen LogP contribution is 2.38. The zero-order chi connectivity index (χ0) is 36.6. The number of aldehydes is 2. The average molecular weight is 741 g/mol. The number of carbonyl (C=O) groups is 6. The lowest BCUT2D eigenvalue weighted by Crippen LogP contribution is -2.29. The van der Waals surface area contributed by atoms with Crippen molar-refractivity contribution in [1.82, 2.24) is 0 Å². The Balaban J connectivity index is 1.35. The molecule has 0 bridgehead atoms. The molecule has 0 unspecified atom stereocenters. The predicted octanol–water partition coefficient (Wildman–Crippen LogP) is 8.42. The van der Waals surface area contributed by atoms with Gasteiger partial charge in [0, 0.05) is 46.0 Å². The maximum atomic E-state index is 13.8. The van der Waals surface area contributed by atoms with Gasteiger partial charge in [0.2, 0.25) is 0 Å². The Kier molecular flexibility index (Phi) is 9.75. The van der Waals surface area contributed by atoms with Crippen molar-refractivity contribution in [2.75, 3.05) is 28.8 Å². The van der Waals surface area contributed by atoms with Gasteiger partial charge in [-0.05, 0) is 97.1 Å². The molecule has 1 aliphatic rings. The molecule has 0 aromatic heterocycles. The summed E-state index contributed by atoms with van der Waals surface area (Å²) in [5.74, 6) is -1.67. The Morgan fingerprint density at radius 1 is 0.627 bits per heavy atom. The molecule has 6 rings (SSSR count). The van der Waals surface area contributed by atoms with E-state index in [0.717, 1.165) is 4.90 Å². The van der Waals surface area contributed by atoms with E-state index in [0.29, 0.717) is 29.0 Å². The summed E-state index contributed by atoms with van der Waals surface area (Å²) >= 11 is 18.2. The third-order valence-corrected chi connectivity index (χ3v) is 8.92. The van der Waals surface area contributed by atoms with Crippen molar-refractivity contribution in [2.45, 2.75) is 0 Å². The van der Waals surface area contributed by atoms with Gasteiger partial charge in [0.15, 0.2) is 18.3 Å². The lowest BCUT2D eigenvalue weighted by Gasteiger charge is -2.25. The van der Waals surface area contributed by atoms with Crippen molar-refractivity contribution >= 4 is 88.1 Å². The van der Waals surface area contributed by atoms with Crippen molar-refractivity contribution in [1.29, 1.82) is 0 Å². The molecule has 13 heteroatoms. The first-order valence-electron chi connectivity index (χ1n) is 15.1. The molecule has 5 aromatic rings. The predicted molar refractivity (Wildman–Crippen MR) is 195 cm³/mol. The van der Waals surface area contributed by atoms with Crippen LogP contribution in [0.1, 0.15) is 62.1 Å². The molecule has 10 nitrogen and oxygen atoms in total. The van der Waals surface area contributed by atoms with Crippen LogP contribution in [0, 0.1) is 0 Å². The summed E-state index contributed by atoms with van der Waals surface area (Å²) in [7, 11) is 2.97. The normalized spacial score (nSPS) is 12.0. The number of hydrogen-bond acceptors (Lipinski definition) is 7. The lowest BCUT2D eigenvalue weighted by molar-refractivity contribution is 0.0922. The van der Waals surface area contributed by atoms with Gasteiger partial charge >= 0.3 is 0 Å². The van der Waals surface area contributed by atoms with E-state index in [-0.39, 0.29) is 60.6 Å². The first-order valence-corrected chi connectivity index (χ1v) is 16.2. The van der Waals surface area contributed by atoms with Crippen LogP contribution in [0.5, 0.6) is 11.5 Å². The van der Waals surface area contributed by atoms with E-state index in [1.54, 1.807) is 24.3 Å². The fourth-order valence-electron chi connectivity index (χ4n) is 5.53. The Bertz CT molecular complexity index is 2290. The summed E-state index contributed by atoms with van der Waals surface area (Å²) in [5, 5.41) is 0.862. The first kappa shape index (κ1) is 35.0. The van der Waals surface area contributed by atoms with Crippen molar-refractivity contribution in [3.63, 3.8) is 0 Å². The van der Waals surface area contributed by atoms with E-state index >= 15 is 0 Å². The number of benzene rings is 5. The smallest absolute Gasteiger partial charge is 0.266 e. The molecule has 51 heavy (non-hydrogen) atoms. The maximum absolute atomic E-state index is 13.8. The molecule has 0 atom stereocenters. The van der Waals surface area contributed by atoms with E-state index in [1.165, 1.54) is 96.7 Å². The molecule has 0 spiro atoms. The summed E-state index contributed by atoms with van der Waals surface area (Å²) in [5.41, 5.74) is 1.61. The van der Waals surface area contributed by atoms with Gasteiger partial charge in [-0.25, -0.2) is 4.90 Å². The molecule has 5 aromatic carbocycles. The van der Waals surface area contributed by atoms with Gasteiger partial charge in [0.05, 0.1) is 33.6 Å². The van der Waals surface area contributed by atoms with Gasteiger partial charge in [-0.2, -0.15) is 0 Å². The molecular weight excluding hydrogens is 717 g/mol. The van der Waals surface area contributed by atoms with Crippen LogP contribution in [0.3, 0.4) is 0 Å². The number of rotatable bonds is 9. The zero-order valence-electron chi connectivity index (χ0n) is 26.7. The minimum Gasteiger partial charge on any atom is -0.455 e. The van der Waals surface area contributed by atoms with Gasteiger partial charge in [-0.15, -0.1) is 0 Å². The van der Waals surface area contributed by atoms with E-state index in [1.807, 2.05) is 0 Å². The summed E-state index contributed by atoms with van der Waals surface area (Å²) < 4.78 is 6.22. The third kappa shape index (κ3) is 6.72. The Labute approximate surface area is 306 Å². The van der Waals surface area contributed by atoms with Crippen LogP contribution < -0.4 is 19.4 Å². The minimum absolute atomic E-state index is 0.0682. The summed E-state index contributed by atoms with van der Waals surface area (Å²) in [6.07, 6.45) is 1.07. The van der Waals surface area contributed by atoms with Crippen LogP contribution >= 0.6 is 34.8 Å². The van der Waals surface area contributed by atoms with Gasteiger partial charge in [-0.3, -0.25) is 28.8 Å². The molecule has 4 amide bonds. The number of carbonyl (C=O) groups excluding carboxylic acids is 6. The molecule has 254 valence electrons. The number of halogens is 3. The molecular formula is C38H24Cl3N3O7. The number of anilines is 3. The van der Waals surface area contributed by atoms with Crippen LogP contribution in [0.25, 0.3) is 0 Å². The van der Waals surface area contributed by atoms with Crippen LogP contribution in [0.15, 0.2) is 97.1 Å². The second-order valence-corrected chi connectivity index (χ2v) is 12.6. The van der Waals surface area contributed by atoms with Crippen molar-refractivity contribution in [2.24, 2.45) is 0 Å². The average Bonchev–Trinajstić information content (AvgIpc) is 3.38. The Hall–Kier alpha value is -5.81. The van der Waals surface area contributed by atoms with Gasteiger partial charge in [0.25, 0.3) is 23.6 Å². The third-order valence-electron chi connectivity index (χ3n) is 8.22. The molecule has 0 saturated carbocycles. The number of nitrogens with zero attached hydrogens (tertiary/aromatic N) is 3. The molecule has 0 saturated heterocycles. The molecule has 1 aliphatic heterocycles. The summed E-state index contributed by atoms with van der Waals surface area (Å²) in [6.45, 7) is 0. The van der Waals surface area contributed by atoms with E-state index in [9.17, 15) is 28.8 Å². The second kappa shape index (κ2) is 14.2. The van der Waals surface area contributed by atoms with Gasteiger partial charge in [0.1, 0.15) is 5.75 Å². The van der Waals surface area contributed by atoms with E-state index in [4.69, 9.17) is 39.5 Å². The molecule has 0 fully saturated rings. The fourth-order valence-corrected chi connectivity index (χ4v) is 6.06. The zero-order valence-corrected chi connectivity index (χ0v) is 29.0. The second-order valence-electron chi connectivity index (χ2n) is 11.3. The SMILES string of the molecule is CN(C(=O)c1cc(Cl)ccc1C=O)c1ccc(Oc2ccc(N3C(=O)c4ccc(Cl)cc4C3=O)cc2)c(N(C)C(=O)c2ccc(Cl)cc2C=O)c1. The van der Waals surface area contributed by atoms with E-state index < -0.39 is 23.6 Å². The highest BCUT2D eigenvalue weighted by atomic mass is 35.5. The van der Waals surface area contributed by atoms with Gasteiger partial charge in [-0.1, -0.05) is 34.8 Å². The lowest BCUT2D eigenvalue weighted by atomic mass is 10.1. The minimum atomic E-state index is -0.580. The van der Waals surface area contributed by atoms with Crippen LogP contribution in [-0.2, 0) is 0 Å². The molecule has 1 heterocycles. The first-order chi connectivity index (χ1) is 24.4. The number of imide groups is 1.